The predicted molar refractivity (Wildman–Crippen MR) is 78.2 cm³/mol. The highest BCUT2D eigenvalue weighted by Gasteiger charge is 2.14. The summed E-state index contributed by atoms with van der Waals surface area (Å²) in [4.78, 5) is 11.9. The monoisotopic (exact) mass is 264 g/mol. The number of hydrogen-bond acceptors (Lipinski definition) is 3. The lowest BCUT2D eigenvalue weighted by atomic mass is 10.00. The van der Waals surface area contributed by atoms with Gasteiger partial charge in [-0.2, -0.15) is 0 Å². The number of hydrogen-bond donors (Lipinski definition) is 2. The normalized spacial score (nSPS) is 11.4. The maximum atomic E-state index is 11.9. The fourth-order valence-corrected chi connectivity index (χ4v) is 1.72. The molecule has 1 amide bonds. The van der Waals surface area contributed by atoms with Crippen LogP contribution in [0.5, 0.6) is 0 Å². The second-order valence-corrected chi connectivity index (χ2v) is 5.44. The number of nitrogens with one attached hydrogen (secondary N) is 1. The molecule has 1 aromatic rings. The van der Waals surface area contributed by atoms with Crippen LogP contribution < -0.4 is 11.1 Å². The van der Waals surface area contributed by atoms with Gasteiger partial charge in [-0.05, 0) is 38.3 Å². The molecule has 0 heterocycles. The number of amides is 1. The molecule has 3 N–H and O–H groups in total. The van der Waals surface area contributed by atoms with Gasteiger partial charge in [-0.25, -0.2) is 0 Å². The topological polar surface area (TPSA) is 64.3 Å². The van der Waals surface area contributed by atoms with Crippen molar-refractivity contribution in [2.24, 2.45) is 5.73 Å². The summed E-state index contributed by atoms with van der Waals surface area (Å²) in [6, 6.07) is 7.79. The van der Waals surface area contributed by atoms with Gasteiger partial charge in [0.1, 0.15) is 0 Å². The van der Waals surface area contributed by atoms with Crippen LogP contribution >= 0.6 is 0 Å². The first kappa shape index (κ1) is 15.7. The average molecular weight is 264 g/mol. The number of ether oxygens (including phenoxy) is 1. The van der Waals surface area contributed by atoms with Crippen molar-refractivity contribution in [1.29, 1.82) is 0 Å². The highest BCUT2D eigenvalue weighted by Crippen LogP contribution is 2.17. The van der Waals surface area contributed by atoms with E-state index >= 15 is 0 Å². The van der Waals surface area contributed by atoms with E-state index in [-0.39, 0.29) is 11.4 Å². The van der Waals surface area contributed by atoms with Gasteiger partial charge < -0.3 is 15.8 Å². The van der Waals surface area contributed by atoms with Crippen molar-refractivity contribution in [2.45, 2.75) is 38.6 Å². The zero-order chi connectivity index (χ0) is 14.3. The first-order valence-corrected chi connectivity index (χ1v) is 6.58. The zero-order valence-electron chi connectivity index (χ0n) is 12.0. The first-order valence-electron chi connectivity index (χ1n) is 6.58. The number of anilines is 1. The Bertz CT molecular complexity index is 411. The van der Waals surface area contributed by atoms with E-state index in [0.29, 0.717) is 19.4 Å². The van der Waals surface area contributed by atoms with Gasteiger partial charge >= 0.3 is 0 Å². The van der Waals surface area contributed by atoms with Crippen molar-refractivity contribution in [2.75, 3.05) is 19.0 Å². The molecule has 0 unspecified atom stereocenters. The van der Waals surface area contributed by atoms with E-state index in [1.54, 1.807) is 7.11 Å². The zero-order valence-corrected chi connectivity index (χ0v) is 12.0. The smallest absolute Gasteiger partial charge is 0.224 e. The molecule has 0 aromatic heterocycles. The second-order valence-electron chi connectivity index (χ2n) is 5.44. The van der Waals surface area contributed by atoms with E-state index in [4.69, 9.17) is 10.5 Å². The first-order chi connectivity index (χ1) is 8.92. The quantitative estimate of drug-likeness (QED) is 0.794. The molecule has 19 heavy (non-hydrogen) atoms. The van der Waals surface area contributed by atoms with E-state index in [0.717, 1.165) is 17.7 Å². The molecular weight excluding hydrogens is 240 g/mol. The lowest BCUT2D eigenvalue weighted by Crippen LogP contribution is -2.33. The third kappa shape index (κ3) is 6.36. The highest BCUT2D eigenvalue weighted by atomic mass is 16.5. The summed E-state index contributed by atoms with van der Waals surface area (Å²) in [6.07, 6.45) is 1.89. The van der Waals surface area contributed by atoms with Crippen LogP contribution in [0, 0.1) is 0 Å². The molecule has 1 rings (SSSR count). The minimum Gasteiger partial charge on any atom is -0.384 e. The molecule has 1 aromatic carbocycles. The molecule has 4 nitrogen and oxygen atoms in total. The highest BCUT2D eigenvalue weighted by molar-refractivity contribution is 5.91. The number of methoxy groups -OCH3 is 1. The molecule has 0 saturated heterocycles. The molecule has 0 atom stereocenters. The summed E-state index contributed by atoms with van der Waals surface area (Å²) in [6.45, 7) is 4.49. The summed E-state index contributed by atoms with van der Waals surface area (Å²) < 4.78 is 5.07. The van der Waals surface area contributed by atoms with Crippen molar-refractivity contribution < 1.29 is 9.53 Å². The van der Waals surface area contributed by atoms with Gasteiger partial charge in [0.25, 0.3) is 0 Å². The van der Waals surface area contributed by atoms with E-state index in [1.165, 1.54) is 0 Å². The van der Waals surface area contributed by atoms with Crippen LogP contribution in [-0.2, 0) is 16.0 Å². The van der Waals surface area contributed by atoms with Gasteiger partial charge in [-0.1, -0.05) is 18.2 Å². The van der Waals surface area contributed by atoms with E-state index in [2.05, 4.69) is 5.32 Å². The van der Waals surface area contributed by atoms with Crippen molar-refractivity contribution in [1.82, 2.24) is 0 Å². The van der Waals surface area contributed by atoms with E-state index in [1.807, 2.05) is 38.1 Å². The van der Waals surface area contributed by atoms with Gasteiger partial charge in [0.05, 0.1) is 6.61 Å². The third-order valence-electron chi connectivity index (χ3n) is 2.86. The van der Waals surface area contributed by atoms with Gasteiger partial charge in [-0.15, -0.1) is 0 Å². The van der Waals surface area contributed by atoms with Gasteiger partial charge in [0.15, 0.2) is 0 Å². The Balaban J connectivity index is 2.58. The minimum absolute atomic E-state index is 0.00314. The van der Waals surface area contributed by atoms with Crippen molar-refractivity contribution in [3.63, 3.8) is 0 Å². The second kappa shape index (κ2) is 7.26. The predicted octanol–water partition coefficient (Wildman–Crippen LogP) is 2.33. The lowest BCUT2D eigenvalue weighted by molar-refractivity contribution is -0.116. The maximum Gasteiger partial charge on any atom is 0.224 e. The van der Waals surface area contributed by atoms with Crippen LogP contribution in [0.1, 0.15) is 32.3 Å². The number of carbonyl (C=O) groups is 1. The fourth-order valence-electron chi connectivity index (χ4n) is 1.72. The Morgan fingerprint density at radius 3 is 2.68 bits per heavy atom. The van der Waals surface area contributed by atoms with Gasteiger partial charge in [0, 0.05) is 24.8 Å². The third-order valence-corrected chi connectivity index (χ3v) is 2.86. The number of rotatable bonds is 7. The number of nitrogens with two attached hydrogens (primary N) is 1. The number of para-hydroxylation sites is 1. The summed E-state index contributed by atoms with van der Waals surface area (Å²) >= 11 is 0. The van der Waals surface area contributed by atoms with Crippen LogP contribution in [0.15, 0.2) is 24.3 Å². The Labute approximate surface area is 115 Å². The lowest BCUT2D eigenvalue weighted by Gasteiger charge is -2.18. The van der Waals surface area contributed by atoms with E-state index < -0.39 is 0 Å². The molecule has 0 radical (unpaired) electrons. The molecule has 0 saturated carbocycles. The summed E-state index contributed by atoms with van der Waals surface area (Å²) in [5.41, 5.74) is 7.51. The SMILES string of the molecule is COCCc1ccccc1NC(=O)CCC(C)(C)N. The largest absolute Gasteiger partial charge is 0.384 e. The van der Waals surface area contributed by atoms with Gasteiger partial charge in [0.2, 0.25) is 5.91 Å². The summed E-state index contributed by atoms with van der Waals surface area (Å²) in [5.74, 6) is 0.00314. The van der Waals surface area contributed by atoms with Crippen LogP contribution in [0.4, 0.5) is 5.69 Å². The number of carbonyl (C=O) groups excluding carboxylic acids is 1. The maximum absolute atomic E-state index is 11.9. The average Bonchev–Trinajstić information content (AvgIpc) is 2.34. The molecule has 4 heteroatoms. The Morgan fingerprint density at radius 2 is 2.05 bits per heavy atom. The van der Waals surface area contributed by atoms with Crippen molar-refractivity contribution in [3.8, 4) is 0 Å². The molecule has 0 fully saturated rings. The van der Waals surface area contributed by atoms with Crippen molar-refractivity contribution >= 4 is 11.6 Å². The molecule has 106 valence electrons. The van der Waals surface area contributed by atoms with Crippen molar-refractivity contribution in [3.05, 3.63) is 29.8 Å². The van der Waals surface area contributed by atoms with Crippen LogP contribution in [0.3, 0.4) is 0 Å². The van der Waals surface area contributed by atoms with Gasteiger partial charge in [-0.3, -0.25) is 4.79 Å². The van der Waals surface area contributed by atoms with E-state index in [9.17, 15) is 4.79 Å². The standard InChI is InChI=1S/C15H24N2O2/c1-15(2,16)10-8-14(18)17-13-7-5-4-6-12(13)9-11-19-3/h4-7H,8-11,16H2,1-3H3,(H,17,18). The molecule has 0 bridgehead atoms. The van der Waals surface area contributed by atoms with Crippen LogP contribution in [-0.4, -0.2) is 25.2 Å². The molecule has 0 aliphatic rings. The number of benzene rings is 1. The molecule has 0 aliphatic heterocycles. The molecule has 0 aliphatic carbocycles. The fraction of sp³-hybridized carbons (Fsp3) is 0.533. The van der Waals surface area contributed by atoms with Crippen LogP contribution in [0.25, 0.3) is 0 Å². The minimum atomic E-state index is -0.313. The Hall–Kier alpha value is -1.39. The summed E-state index contributed by atoms with van der Waals surface area (Å²) in [7, 11) is 1.67. The summed E-state index contributed by atoms with van der Waals surface area (Å²) in [5, 5.41) is 2.94. The Kier molecular flexibility index (Phi) is 5.99. The van der Waals surface area contributed by atoms with Crippen LogP contribution in [0.2, 0.25) is 0 Å². The molecular formula is C15H24N2O2. The molecule has 0 spiro atoms. The Morgan fingerprint density at radius 1 is 1.37 bits per heavy atom.